The van der Waals surface area contributed by atoms with Crippen molar-refractivity contribution in [1.82, 2.24) is 4.98 Å². The zero-order valence-electron chi connectivity index (χ0n) is 10.0. The van der Waals surface area contributed by atoms with Gasteiger partial charge < -0.3 is 5.73 Å². The summed E-state index contributed by atoms with van der Waals surface area (Å²) in [5.74, 6) is 0.492. The lowest BCUT2D eigenvalue weighted by Crippen LogP contribution is -2.37. The molecule has 2 unspecified atom stereocenters. The van der Waals surface area contributed by atoms with Gasteiger partial charge in [0, 0.05) is 34.7 Å². The Morgan fingerprint density at radius 1 is 1.28 bits per heavy atom. The monoisotopic (exact) mass is 302 g/mol. The Hall–Kier alpha value is -1.19. The number of aromatic nitrogens is 1. The molecule has 1 heterocycles. The molecule has 2 aromatic rings. The van der Waals surface area contributed by atoms with E-state index in [-0.39, 0.29) is 6.04 Å². The van der Waals surface area contributed by atoms with Crippen LogP contribution in [0.3, 0.4) is 0 Å². The summed E-state index contributed by atoms with van der Waals surface area (Å²) in [4.78, 5) is 4.39. The van der Waals surface area contributed by atoms with E-state index in [0.717, 1.165) is 23.0 Å². The quantitative estimate of drug-likeness (QED) is 0.946. The maximum atomic E-state index is 6.31. The third-order valence-corrected chi connectivity index (χ3v) is 4.11. The van der Waals surface area contributed by atoms with Gasteiger partial charge in [0.2, 0.25) is 0 Å². The first-order valence-corrected chi connectivity index (χ1v) is 6.97. The van der Waals surface area contributed by atoms with Gasteiger partial charge in [-0.1, -0.05) is 24.3 Å². The molecule has 2 nitrogen and oxygen atoms in total. The van der Waals surface area contributed by atoms with Crippen LogP contribution >= 0.6 is 15.9 Å². The molecular formula is C15H15BrN2. The standard InChI is InChI=1S/C15H15BrN2/c16-11-5-6-12(18-9-11)8-15(17)14-7-10-3-1-2-4-13(10)14/h1-6,9,14-15H,7-8,17H2. The summed E-state index contributed by atoms with van der Waals surface area (Å²) in [7, 11) is 0. The molecule has 2 N–H and O–H groups in total. The van der Waals surface area contributed by atoms with E-state index in [9.17, 15) is 0 Å². The van der Waals surface area contributed by atoms with Gasteiger partial charge in [0.05, 0.1) is 0 Å². The number of nitrogens with two attached hydrogens (primary N) is 1. The summed E-state index contributed by atoms with van der Waals surface area (Å²) in [5.41, 5.74) is 10.2. The number of pyridine rings is 1. The molecule has 0 bridgehead atoms. The Labute approximate surface area is 115 Å². The van der Waals surface area contributed by atoms with Gasteiger partial charge in [-0.2, -0.15) is 0 Å². The van der Waals surface area contributed by atoms with E-state index in [0.29, 0.717) is 5.92 Å². The molecule has 92 valence electrons. The molecule has 0 amide bonds. The number of fused-ring (bicyclic) bond motifs is 1. The van der Waals surface area contributed by atoms with Gasteiger partial charge in [0.15, 0.2) is 0 Å². The van der Waals surface area contributed by atoms with E-state index in [4.69, 9.17) is 5.73 Å². The van der Waals surface area contributed by atoms with Gasteiger partial charge in [0.25, 0.3) is 0 Å². The van der Waals surface area contributed by atoms with Crippen LogP contribution in [0, 0.1) is 0 Å². The van der Waals surface area contributed by atoms with E-state index in [2.05, 4.69) is 45.2 Å². The highest BCUT2D eigenvalue weighted by Gasteiger charge is 2.30. The molecule has 1 aromatic heterocycles. The smallest absolute Gasteiger partial charge is 0.0420 e. The molecule has 0 aliphatic heterocycles. The molecule has 0 radical (unpaired) electrons. The average molecular weight is 303 g/mol. The van der Waals surface area contributed by atoms with Crippen molar-refractivity contribution in [2.45, 2.75) is 24.8 Å². The molecule has 0 spiro atoms. The van der Waals surface area contributed by atoms with Crippen LogP contribution in [0.15, 0.2) is 47.1 Å². The van der Waals surface area contributed by atoms with Crippen LogP contribution in [0.2, 0.25) is 0 Å². The molecule has 0 saturated heterocycles. The lowest BCUT2D eigenvalue weighted by atomic mass is 9.73. The lowest BCUT2D eigenvalue weighted by molar-refractivity contribution is 0.477. The molecular weight excluding hydrogens is 288 g/mol. The van der Waals surface area contributed by atoms with Crippen LogP contribution in [0.25, 0.3) is 0 Å². The first-order chi connectivity index (χ1) is 8.74. The van der Waals surface area contributed by atoms with Crippen LogP contribution in [0.4, 0.5) is 0 Å². The summed E-state index contributed by atoms with van der Waals surface area (Å²) >= 11 is 3.39. The molecule has 0 saturated carbocycles. The highest BCUT2D eigenvalue weighted by Crippen LogP contribution is 2.37. The van der Waals surface area contributed by atoms with Crippen LogP contribution in [-0.4, -0.2) is 11.0 Å². The number of hydrogen-bond donors (Lipinski definition) is 1. The molecule has 1 aromatic carbocycles. The highest BCUT2D eigenvalue weighted by molar-refractivity contribution is 9.10. The van der Waals surface area contributed by atoms with Crippen molar-refractivity contribution < 1.29 is 0 Å². The molecule has 3 heteroatoms. The summed E-state index contributed by atoms with van der Waals surface area (Å²) < 4.78 is 1.01. The molecule has 1 aliphatic carbocycles. The maximum absolute atomic E-state index is 6.31. The van der Waals surface area contributed by atoms with Crippen molar-refractivity contribution in [2.75, 3.05) is 0 Å². The van der Waals surface area contributed by atoms with Gasteiger partial charge in [-0.25, -0.2) is 0 Å². The number of rotatable bonds is 3. The van der Waals surface area contributed by atoms with Gasteiger partial charge >= 0.3 is 0 Å². The fraction of sp³-hybridized carbons (Fsp3) is 0.267. The van der Waals surface area contributed by atoms with Gasteiger partial charge in [-0.05, 0) is 45.6 Å². The van der Waals surface area contributed by atoms with Gasteiger partial charge in [-0.3, -0.25) is 4.98 Å². The third kappa shape index (κ3) is 2.20. The SMILES string of the molecule is NC(Cc1ccc(Br)cn1)C1Cc2ccccc21. The van der Waals surface area contributed by atoms with Crippen LogP contribution in [0.5, 0.6) is 0 Å². The molecule has 2 atom stereocenters. The molecule has 0 fully saturated rings. The van der Waals surface area contributed by atoms with Crippen molar-refractivity contribution in [3.05, 3.63) is 63.9 Å². The van der Waals surface area contributed by atoms with Crippen molar-refractivity contribution in [1.29, 1.82) is 0 Å². The Bertz CT molecular complexity index is 551. The fourth-order valence-electron chi connectivity index (χ4n) is 2.59. The zero-order chi connectivity index (χ0) is 12.5. The van der Waals surface area contributed by atoms with E-state index >= 15 is 0 Å². The van der Waals surface area contributed by atoms with E-state index in [1.807, 2.05) is 18.3 Å². The number of hydrogen-bond acceptors (Lipinski definition) is 2. The Kier molecular flexibility index (Phi) is 3.18. The fourth-order valence-corrected chi connectivity index (χ4v) is 2.83. The first-order valence-electron chi connectivity index (χ1n) is 6.18. The van der Waals surface area contributed by atoms with Gasteiger partial charge in [-0.15, -0.1) is 0 Å². The average Bonchev–Trinajstić information content (AvgIpc) is 2.34. The minimum atomic E-state index is 0.161. The summed E-state index contributed by atoms with van der Waals surface area (Å²) in [6.45, 7) is 0. The Morgan fingerprint density at radius 2 is 2.11 bits per heavy atom. The highest BCUT2D eigenvalue weighted by atomic mass is 79.9. The largest absolute Gasteiger partial charge is 0.327 e. The summed E-state index contributed by atoms with van der Waals surface area (Å²) in [6, 6.07) is 12.8. The normalized spacial score (nSPS) is 18.9. The second-order valence-electron chi connectivity index (χ2n) is 4.85. The van der Waals surface area contributed by atoms with E-state index in [1.54, 1.807) is 0 Å². The summed E-state index contributed by atoms with van der Waals surface area (Å²) in [5, 5.41) is 0. The van der Waals surface area contributed by atoms with Crippen molar-refractivity contribution in [2.24, 2.45) is 5.73 Å². The van der Waals surface area contributed by atoms with E-state index < -0.39 is 0 Å². The predicted octanol–water partition coefficient (Wildman–Crippen LogP) is 3.05. The first kappa shape index (κ1) is 11.9. The van der Waals surface area contributed by atoms with Crippen LogP contribution < -0.4 is 5.73 Å². The Morgan fingerprint density at radius 3 is 2.83 bits per heavy atom. The maximum Gasteiger partial charge on any atom is 0.0420 e. The second kappa shape index (κ2) is 4.82. The molecule has 1 aliphatic rings. The number of benzene rings is 1. The summed E-state index contributed by atoms with van der Waals surface area (Å²) in [6.07, 6.45) is 3.77. The molecule has 3 rings (SSSR count). The predicted molar refractivity (Wildman–Crippen MR) is 76.5 cm³/mol. The van der Waals surface area contributed by atoms with Crippen LogP contribution in [0.1, 0.15) is 22.7 Å². The van der Waals surface area contributed by atoms with Crippen LogP contribution in [-0.2, 0) is 12.8 Å². The lowest BCUT2D eigenvalue weighted by Gasteiger charge is -2.34. The molecule has 18 heavy (non-hydrogen) atoms. The minimum absolute atomic E-state index is 0.161. The number of halogens is 1. The van der Waals surface area contributed by atoms with Crippen molar-refractivity contribution in [3.8, 4) is 0 Å². The van der Waals surface area contributed by atoms with Gasteiger partial charge in [0.1, 0.15) is 0 Å². The Balaban J connectivity index is 1.70. The number of nitrogens with zero attached hydrogens (tertiary/aromatic N) is 1. The van der Waals surface area contributed by atoms with Crippen molar-refractivity contribution in [3.63, 3.8) is 0 Å². The zero-order valence-corrected chi connectivity index (χ0v) is 11.6. The van der Waals surface area contributed by atoms with E-state index in [1.165, 1.54) is 11.1 Å². The topological polar surface area (TPSA) is 38.9 Å². The third-order valence-electron chi connectivity index (χ3n) is 3.64. The second-order valence-corrected chi connectivity index (χ2v) is 5.76. The van der Waals surface area contributed by atoms with Crippen molar-refractivity contribution >= 4 is 15.9 Å². The minimum Gasteiger partial charge on any atom is -0.327 e.